The Kier molecular flexibility index (Phi) is 2.22. The van der Waals surface area contributed by atoms with Crippen molar-refractivity contribution in [1.29, 1.82) is 0 Å². The second-order valence-electron chi connectivity index (χ2n) is 6.79. The molecule has 3 saturated carbocycles. The molecule has 0 heterocycles. The number of hydrogen-bond acceptors (Lipinski definition) is 2. The molecule has 2 nitrogen and oxygen atoms in total. The SMILES string of the molecule is CCC1C2CC(C1C(=O)OC)C1C3C=CC(C3)C21. The number of carbonyl (C=O) groups is 1. The van der Waals surface area contributed by atoms with Crippen LogP contribution < -0.4 is 0 Å². The van der Waals surface area contributed by atoms with Crippen molar-refractivity contribution in [2.45, 2.75) is 26.2 Å². The third-order valence-corrected chi connectivity index (χ3v) is 6.53. The van der Waals surface area contributed by atoms with Crippen molar-refractivity contribution in [3.8, 4) is 0 Å². The first-order chi connectivity index (χ1) is 8.76. The minimum Gasteiger partial charge on any atom is -0.469 e. The number of esters is 1. The van der Waals surface area contributed by atoms with Crippen molar-refractivity contribution >= 4 is 5.97 Å². The number of rotatable bonds is 2. The second kappa shape index (κ2) is 3.61. The van der Waals surface area contributed by atoms with E-state index >= 15 is 0 Å². The number of ether oxygens (including phenoxy) is 1. The van der Waals surface area contributed by atoms with E-state index in [1.54, 1.807) is 7.11 Å². The summed E-state index contributed by atoms with van der Waals surface area (Å²) in [5.41, 5.74) is 0. The molecule has 4 rings (SSSR count). The van der Waals surface area contributed by atoms with Crippen LogP contribution >= 0.6 is 0 Å². The first-order valence-electron chi connectivity index (χ1n) is 7.52. The van der Waals surface area contributed by atoms with Crippen LogP contribution in [0.2, 0.25) is 0 Å². The van der Waals surface area contributed by atoms with Crippen LogP contribution in [0, 0.1) is 47.3 Å². The molecule has 18 heavy (non-hydrogen) atoms. The molecule has 0 amide bonds. The smallest absolute Gasteiger partial charge is 0.309 e. The van der Waals surface area contributed by atoms with E-state index in [4.69, 9.17) is 4.74 Å². The molecule has 2 heteroatoms. The number of fused-ring (bicyclic) bond motifs is 9. The normalized spacial score (nSPS) is 55.0. The van der Waals surface area contributed by atoms with Gasteiger partial charge in [-0.05, 0) is 54.3 Å². The number of methoxy groups -OCH3 is 1. The summed E-state index contributed by atoms with van der Waals surface area (Å²) in [6, 6.07) is 0. The van der Waals surface area contributed by atoms with Gasteiger partial charge < -0.3 is 4.74 Å². The number of hydrogen-bond donors (Lipinski definition) is 0. The van der Waals surface area contributed by atoms with Gasteiger partial charge in [0.25, 0.3) is 0 Å². The highest BCUT2D eigenvalue weighted by Gasteiger charge is 2.65. The fraction of sp³-hybridized carbons (Fsp3) is 0.812. The van der Waals surface area contributed by atoms with E-state index in [0.29, 0.717) is 11.8 Å². The van der Waals surface area contributed by atoms with E-state index in [1.165, 1.54) is 12.8 Å². The van der Waals surface area contributed by atoms with Crippen LogP contribution in [0.4, 0.5) is 0 Å². The quantitative estimate of drug-likeness (QED) is 0.425. The maximum atomic E-state index is 12.1. The van der Waals surface area contributed by atoms with E-state index in [0.717, 1.165) is 36.0 Å². The molecule has 0 aromatic heterocycles. The van der Waals surface area contributed by atoms with Gasteiger partial charge in [0.2, 0.25) is 0 Å². The lowest BCUT2D eigenvalue weighted by atomic mass is 9.64. The highest BCUT2D eigenvalue weighted by atomic mass is 16.5. The Morgan fingerprint density at radius 1 is 1.17 bits per heavy atom. The van der Waals surface area contributed by atoms with Gasteiger partial charge in [-0.3, -0.25) is 4.79 Å². The van der Waals surface area contributed by atoms with Gasteiger partial charge in [0.15, 0.2) is 0 Å². The Morgan fingerprint density at radius 3 is 2.44 bits per heavy atom. The van der Waals surface area contributed by atoms with Gasteiger partial charge in [-0.2, -0.15) is 0 Å². The summed E-state index contributed by atoms with van der Waals surface area (Å²) in [5.74, 6) is 5.61. The Balaban J connectivity index is 1.70. The molecular formula is C16H22O2. The van der Waals surface area contributed by atoms with Gasteiger partial charge in [0.1, 0.15) is 0 Å². The molecular weight excluding hydrogens is 224 g/mol. The van der Waals surface area contributed by atoms with Crippen molar-refractivity contribution in [2.24, 2.45) is 47.3 Å². The summed E-state index contributed by atoms with van der Waals surface area (Å²) >= 11 is 0. The minimum absolute atomic E-state index is 0.0690. The van der Waals surface area contributed by atoms with Crippen LogP contribution in [-0.4, -0.2) is 13.1 Å². The molecule has 0 aliphatic heterocycles. The summed E-state index contributed by atoms with van der Waals surface area (Å²) in [4.78, 5) is 12.1. The lowest BCUT2D eigenvalue weighted by Gasteiger charge is -2.40. The Hall–Kier alpha value is -0.790. The average Bonchev–Trinajstić information content (AvgIpc) is 3.12. The van der Waals surface area contributed by atoms with E-state index in [2.05, 4.69) is 19.1 Å². The third-order valence-electron chi connectivity index (χ3n) is 6.53. The van der Waals surface area contributed by atoms with Gasteiger partial charge in [0.05, 0.1) is 13.0 Å². The van der Waals surface area contributed by atoms with Gasteiger partial charge in [-0.15, -0.1) is 0 Å². The Morgan fingerprint density at radius 2 is 1.83 bits per heavy atom. The summed E-state index contributed by atoms with van der Waals surface area (Å²) < 4.78 is 5.09. The molecule has 4 aliphatic carbocycles. The largest absolute Gasteiger partial charge is 0.469 e. The molecule has 98 valence electrons. The van der Waals surface area contributed by atoms with E-state index in [1.807, 2.05) is 0 Å². The van der Waals surface area contributed by atoms with Crippen molar-refractivity contribution in [2.75, 3.05) is 7.11 Å². The highest BCUT2D eigenvalue weighted by Crippen LogP contribution is 2.69. The van der Waals surface area contributed by atoms with E-state index < -0.39 is 0 Å². The number of allylic oxidation sites excluding steroid dienone is 2. The van der Waals surface area contributed by atoms with E-state index in [-0.39, 0.29) is 11.9 Å². The van der Waals surface area contributed by atoms with E-state index in [9.17, 15) is 4.79 Å². The fourth-order valence-electron chi connectivity index (χ4n) is 6.21. The topological polar surface area (TPSA) is 26.3 Å². The predicted octanol–water partition coefficient (Wildman–Crippen LogP) is 2.89. The van der Waals surface area contributed by atoms with Crippen molar-refractivity contribution in [3.63, 3.8) is 0 Å². The maximum absolute atomic E-state index is 12.1. The lowest BCUT2D eigenvalue weighted by molar-refractivity contribution is -0.151. The summed E-state index contributed by atoms with van der Waals surface area (Å²) in [7, 11) is 1.55. The standard InChI is InChI=1S/C16H22O2/c1-3-10-11-7-12(15(10)16(17)18-2)14-9-5-4-8(6-9)13(11)14/h4-5,8-15H,3,6-7H2,1-2H3. The van der Waals surface area contributed by atoms with Crippen LogP contribution in [0.1, 0.15) is 26.2 Å². The van der Waals surface area contributed by atoms with Gasteiger partial charge in [-0.1, -0.05) is 25.5 Å². The van der Waals surface area contributed by atoms with Crippen molar-refractivity contribution < 1.29 is 9.53 Å². The number of carbonyl (C=O) groups excluding carboxylic acids is 1. The molecule has 0 radical (unpaired) electrons. The molecule has 0 N–H and O–H groups in total. The average molecular weight is 246 g/mol. The van der Waals surface area contributed by atoms with Crippen molar-refractivity contribution in [1.82, 2.24) is 0 Å². The monoisotopic (exact) mass is 246 g/mol. The second-order valence-corrected chi connectivity index (χ2v) is 6.79. The Bertz CT molecular complexity index is 413. The zero-order valence-corrected chi connectivity index (χ0v) is 11.2. The molecule has 4 aliphatic rings. The highest BCUT2D eigenvalue weighted by molar-refractivity contribution is 5.74. The zero-order chi connectivity index (χ0) is 12.4. The zero-order valence-electron chi connectivity index (χ0n) is 11.2. The predicted molar refractivity (Wildman–Crippen MR) is 68.6 cm³/mol. The van der Waals surface area contributed by atoms with Gasteiger partial charge in [0, 0.05) is 0 Å². The molecule has 8 unspecified atom stereocenters. The summed E-state index contributed by atoms with van der Waals surface area (Å²) in [6.07, 6.45) is 8.70. The first-order valence-corrected chi connectivity index (χ1v) is 7.52. The fourth-order valence-corrected chi connectivity index (χ4v) is 6.21. The van der Waals surface area contributed by atoms with Gasteiger partial charge >= 0.3 is 5.97 Å². The lowest BCUT2D eigenvalue weighted by Crippen LogP contribution is -2.40. The third kappa shape index (κ3) is 1.13. The molecule has 8 atom stereocenters. The minimum atomic E-state index is 0.0690. The Labute approximate surface area is 109 Å². The van der Waals surface area contributed by atoms with Crippen LogP contribution in [0.15, 0.2) is 12.2 Å². The maximum Gasteiger partial charge on any atom is 0.309 e. The molecule has 0 aromatic rings. The molecule has 0 spiro atoms. The molecule has 4 bridgehead atoms. The van der Waals surface area contributed by atoms with Crippen molar-refractivity contribution in [3.05, 3.63) is 12.2 Å². The first kappa shape index (κ1) is 11.1. The summed E-state index contributed by atoms with van der Waals surface area (Å²) in [5, 5.41) is 0. The van der Waals surface area contributed by atoms with Crippen LogP contribution in [0.5, 0.6) is 0 Å². The van der Waals surface area contributed by atoms with Crippen LogP contribution in [0.3, 0.4) is 0 Å². The van der Waals surface area contributed by atoms with Crippen LogP contribution in [-0.2, 0) is 9.53 Å². The van der Waals surface area contributed by atoms with Crippen LogP contribution in [0.25, 0.3) is 0 Å². The molecule has 0 aromatic carbocycles. The summed E-state index contributed by atoms with van der Waals surface area (Å²) in [6.45, 7) is 2.25. The molecule has 3 fully saturated rings. The molecule has 0 saturated heterocycles. The van der Waals surface area contributed by atoms with Gasteiger partial charge in [-0.25, -0.2) is 0 Å².